The Morgan fingerprint density at radius 1 is 1.47 bits per heavy atom. The maximum absolute atomic E-state index is 10.7. The minimum absolute atomic E-state index is 0.264. The highest BCUT2D eigenvalue weighted by Crippen LogP contribution is 2.21. The molecule has 15 heavy (non-hydrogen) atoms. The molecule has 0 bridgehead atoms. The van der Waals surface area contributed by atoms with Crippen LogP contribution in [0.25, 0.3) is 0 Å². The van der Waals surface area contributed by atoms with Crippen molar-refractivity contribution >= 4 is 11.9 Å². The number of hydrogen-bond donors (Lipinski definition) is 2. The van der Waals surface area contributed by atoms with E-state index in [2.05, 4.69) is 0 Å². The average molecular weight is 214 g/mol. The summed E-state index contributed by atoms with van der Waals surface area (Å²) in [6.45, 7) is 3.17. The van der Waals surface area contributed by atoms with E-state index in [4.69, 9.17) is 10.8 Å². The lowest BCUT2D eigenvalue weighted by atomic mass is 9.92. The third-order valence-electron chi connectivity index (χ3n) is 3.04. The van der Waals surface area contributed by atoms with Gasteiger partial charge in [0.05, 0.1) is 0 Å². The molecular formula is C10H18N2O3. The Kier molecular flexibility index (Phi) is 4.08. The number of carboxylic acids is 1. The number of carbonyl (C=O) groups excluding carboxylic acids is 1. The van der Waals surface area contributed by atoms with Crippen molar-refractivity contribution in [1.29, 1.82) is 0 Å². The fourth-order valence-electron chi connectivity index (χ4n) is 1.99. The largest absolute Gasteiger partial charge is 0.480 e. The zero-order valence-corrected chi connectivity index (χ0v) is 8.98. The molecule has 3 N–H and O–H groups in total. The lowest BCUT2D eigenvalue weighted by molar-refractivity contribution is -0.143. The molecule has 1 unspecified atom stereocenters. The van der Waals surface area contributed by atoms with Crippen LogP contribution in [0.2, 0.25) is 0 Å². The Morgan fingerprint density at radius 3 is 2.40 bits per heavy atom. The molecule has 0 spiro atoms. The van der Waals surface area contributed by atoms with Crippen molar-refractivity contribution in [2.75, 3.05) is 13.1 Å². The summed E-state index contributed by atoms with van der Waals surface area (Å²) in [4.78, 5) is 23.4. The number of carbonyl (C=O) groups is 2. The summed E-state index contributed by atoms with van der Waals surface area (Å²) in [7, 11) is 0. The summed E-state index contributed by atoms with van der Waals surface area (Å²) in [5.74, 6) is -0.720. The quantitative estimate of drug-likeness (QED) is 0.692. The van der Waals surface area contributed by atoms with Gasteiger partial charge in [0.2, 0.25) is 5.91 Å². The molecule has 1 rings (SSSR count). The molecule has 0 aliphatic carbocycles. The van der Waals surface area contributed by atoms with Gasteiger partial charge < -0.3 is 10.8 Å². The van der Waals surface area contributed by atoms with Gasteiger partial charge in [-0.3, -0.25) is 14.5 Å². The SMILES string of the molecule is CC(C(=O)O)N1CCC(CC(N)=O)CC1. The Morgan fingerprint density at radius 2 is 2.00 bits per heavy atom. The number of hydrogen-bond acceptors (Lipinski definition) is 3. The molecule has 0 saturated carbocycles. The minimum Gasteiger partial charge on any atom is -0.480 e. The second-order valence-corrected chi connectivity index (χ2v) is 4.16. The van der Waals surface area contributed by atoms with Crippen LogP contribution in [0.15, 0.2) is 0 Å². The normalized spacial score (nSPS) is 21.1. The molecule has 86 valence electrons. The Balaban J connectivity index is 2.35. The number of nitrogens with two attached hydrogens (primary N) is 1. The highest BCUT2D eigenvalue weighted by atomic mass is 16.4. The van der Waals surface area contributed by atoms with Crippen molar-refractivity contribution in [2.24, 2.45) is 11.7 Å². The first kappa shape index (κ1) is 12.0. The summed E-state index contributed by atoms with van der Waals surface area (Å²) < 4.78 is 0. The lowest BCUT2D eigenvalue weighted by Gasteiger charge is -2.33. The summed E-state index contributed by atoms with van der Waals surface area (Å²) in [5, 5.41) is 8.83. The average Bonchev–Trinajstić information content (AvgIpc) is 2.17. The zero-order valence-electron chi connectivity index (χ0n) is 8.98. The molecule has 1 heterocycles. The zero-order chi connectivity index (χ0) is 11.4. The fraction of sp³-hybridized carbons (Fsp3) is 0.800. The van der Waals surface area contributed by atoms with Crippen molar-refractivity contribution in [3.63, 3.8) is 0 Å². The van der Waals surface area contributed by atoms with Gasteiger partial charge in [-0.25, -0.2) is 0 Å². The van der Waals surface area contributed by atoms with E-state index in [1.807, 2.05) is 4.90 Å². The summed E-state index contributed by atoms with van der Waals surface area (Å²) in [6.07, 6.45) is 2.15. The summed E-state index contributed by atoms with van der Waals surface area (Å²) >= 11 is 0. The van der Waals surface area contributed by atoms with E-state index in [0.717, 1.165) is 25.9 Å². The Hall–Kier alpha value is -1.10. The molecule has 5 heteroatoms. The van der Waals surface area contributed by atoms with Gasteiger partial charge in [0.25, 0.3) is 0 Å². The van der Waals surface area contributed by atoms with E-state index >= 15 is 0 Å². The van der Waals surface area contributed by atoms with E-state index in [1.165, 1.54) is 0 Å². The van der Waals surface area contributed by atoms with Gasteiger partial charge in [-0.1, -0.05) is 0 Å². The molecular weight excluding hydrogens is 196 g/mol. The number of likely N-dealkylation sites (tertiary alicyclic amines) is 1. The van der Waals surface area contributed by atoms with Crippen LogP contribution in [0.1, 0.15) is 26.2 Å². The van der Waals surface area contributed by atoms with Gasteiger partial charge in [0.1, 0.15) is 6.04 Å². The number of primary amides is 1. The first-order valence-electron chi connectivity index (χ1n) is 5.26. The van der Waals surface area contributed by atoms with Crippen LogP contribution in [0.4, 0.5) is 0 Å². The van der Waals surface area contributed by atoms with E-state index < -0.39 is 12.0 Å². The van der Waals surface area contributed by atoms with Crippen LogP contribution in [0.3, 0.4) is 0 Å². The Labute approximate surface area is 89.2 Å². The molecule has 5 nitrogen and oxygen atoms in total. The van der Waals surface area contributed by atoms with Crippen LogP contribution in [0, 0.1) is 5.92 Å². The van der Waals surface area contributed by atoms with Gasteiger partial charge in [0.15, 0.2) is 0 Å². The molecule has 1 saturated heterocycles. The van der Waals surface area contributed by atoms with Crippen LogP contribution in [0.5, 0.6) is 0 Å². The van der Waals surface area contributed by atoms with E-state index in [-0.39, 0.29) is 5.91 Å². The van der Waals surface area contributed by atoms with E-state index in [9.17, 15) is 9.59 Å². The third-order valence-corrected chi connectivity index (χ3v) is 3.04. The van der Waals surface area contributed by atoms with Crippen molar-refractivity contribution in [3.8, 4) is 0 Å². The monoisotopic (exact) mass is 214 g/mol. The smallest absolute Gasteiger partial charge is 0.320 e. The van der Waals surface area contributed by atoms with Crippen molar-refractivity contribution in [2.45, 2.75) is 32.2 Å². The van der Waals surface area contributed by atoms with Gasteiger partial charge in [-0.15, -0.1) is 0 Å². The number of nitrogens with zero attached hydrogens (tertiary/aromatic N) is 1. The van der Waals surface area contributed by atoms with Crippen molar-refractivity contribution in [3.05, 3.63) is 0 Å². The maximum Gasteiger partial charge on any atom is 0.320 e. The fourth-order valence-corrected chi connectivity index (χ4v) is 1.99. The molecule has 0 aromatic heterocycles. The molecule has 1 fully saturated rings. The molecule has 1 aliphatic rings. The minimum atomic E-state index is -0.789. The second kappa shape index (κ2) is 5.11. The second-order valence-electron chi connectivity index (χ2n) is 4.16. The van der Waals surface area contributed by atoms with Crippen LogP contribution < -0.4 is 5.73 Å². The van der Waals surface area contributed by atoms with Crippen LogP contribution in [-0.4, -0.2) is 41.0 Å². The van der Waals surface area contributed by atoms with Crippen molar-refractivity contribution in [1.82, 2.24) is 4.90 Å². The number of aliphatic carboxylic acids is 1. The molecule has 0 aromatic carbocycles. The molecule has 1 amide bonds. The first-order valence-corrected chi connectivity index (χ1v) is 5.26. The molecule has 1 aliphatic heterocycles. The van der Waals surface area contributed by atoms with E-state index in [0.29, 0.717) is 12.3 Å². The lowest BCUT2D eigenvalue weighted by Crippen LogP contribution is -2.44. The summed E-state index contributed by atoms with van der Waals surface area (Å²) in [6, 6.07) is -0.431. The predicted octanol–water partition coefficient (Wildman–Crippen LogP) is 0.0469. The highest BCUT2D eigenvalue weighted by molar-refractivity contribution is 5.74. The topological polar surface area (TPSA) is 83.6 Å². The van der Waals surface area contributed by atoms with Crippen molar-refractivity contribution < 1.29 is 14.7 Å². The predicted molar refractivity (Wildman–Crippen MR) is 55.2 cm³/mol. The van der Waals surface area contributed by atoms with Gasteiger partial charge in [-0.2, -0.15) is 0 Å². The standard InChI is InChI=1S/C10H18N2O3/c1-7(10(14)15)12-4-2-8(3-5-12)6-9(11)13/h7-8H,2-6H2,1H3,(H2,11,13)(H,14,15). The Bertz CT molecular complexity index is 247. The number of amides is 1. The van der Waals surface area contributed by atoms with E-state index in [1.54, 1.807) is 6.92 Å². The first-order chi connectivity index (χ1) is 7.00. The van der Waals surface area contributed by atoms with Gasteiger partial charge >= 0.3 is 5.97 Å². The van der Waals surface area contributed by atoms with Gasteiger partial charge in [-0.05, 0) is 38.8 Å². The molecule has 1 atom stereocenters. The number of piperidine rings is 1. The third kappa shape index (κ3) is 3.51. The molecule has 0 aromatic rings. The maximum atomic E-state index is 10.7. The number of carboxylic acid groups (broad SMARTS) is 1. The number of rotatable bonds is 4. The van der Waals surface area contributed by atoms with Crippen LogP contribution >= 0.6 is 0 Å². The van der Waals surface area contributed by atoms with Gasteiger partial charge in [0, 0.05) is 6.42 Å². The highest BCUT2D eigenvalue weighted by Gasteiger charge is 2.26. The summed E-state index contributed by atoms with van der Waals surface area (Å²) in [5.41, 5.74) is 5.12. The van der Waals surface area contributed by atoms with Crippen LogP contribution in [-0.2, 0) is 9.59 Å². The molecule has 0 radical (unpaired) electrons.